The first kappa shape index (κ1) is 22.5. The van der Waals surface area contributed by atoms with E-state index in [4.69, 9.17) is 4.98 Å². The van der Waals surface area contributed by atoms with Gasteiger partial charge in [-0.2, -0.15) is 0 Å². The minimum atomic E-state index is -0.247. The Bertz CT molecular complexity index is 1540. The average Bonchev–Trinajstić information content (AvgIpc) is 3.29. The molecule has 0 aliphatic heterocycles. The highest BCUT2D eigenvalue weighted by Crippen LogP contribution is 2.31. The minimum absolute atomic E-state index is 0.216. The van der Waals surface area contributed by atoms with Crippen LogP contribution >= 0.6 is 11.3 Å². The maximum Gasteiger partial charge on any atom is 0.255 e. The van der Waals surface area contributed by atoms with Crippen LogP contribution in [-0.2, 0) is 0 Å². The van der Waals surface area contributed by atoms with Crippen LogP contribution < -0.4 is 10.6 Å². The van der Waals surface area contributed by atoms with E-state index in [9.17, 15) is 9.59 Å². The summed E-state index contributed by atoms with van der Waals surface area (Å²) in [5.41, 5.74) is 6.39. The fourth-order valence-corrected chi connectivity index (χ4v) is 4.81. The molecule has 35 heavy (non-hydrogen) atoms. The first-order valence-electron chi connectivity index (χ1n) is 11.2. The Kier molecular flexibility index (Phi) is 6.12. The van der Waals surface area contributed by atoms with Crippen molar-refractivity contribution in [3.05, 3.63) is 113 Å². The van der Waals surface area contributed by atoms with Crippen molar-refractivity contribution in [1.29, 1.82) is 0 Å². The maximum atomic E-state index is 12.9. The first-order valence-corrected chi connectivity index (χ1v) is 12.0. The van der Waals surface area contributed by atoms with Gasteiger partial charge in [0.05, 0.1) is 10.2 Å². The molecule has 4 aromatic carbocycles. The highest BCUT2D eigenvalue weighted by Gasteiger charge is 2.12. The van der Waals surface area contributed by atoms with Gasteiger partial charge < -0.3 is 10.6 Å². The van der Waals surface area contributed by atoms with Crippen LogP contribution in [0.25, 0.3) is 20.8 Å². The fraction of sp³-hybridized carbons (Fsp3) is 0.0690. The van der Waals surface area contributed by atoms with Crippen molar-refractivity contribution >= 4 is 44.7 Å². The SMILES string of the molecule is Cc1ccc2nc(-c3ccc(NC(=O)c4ccc(C)c(NC(=O)c5ccccc5)c4)cc3)sc2c1. The predicted octanol–water partition coefficient (Wildman–Crippen LogP) is 7.08. The molecule has 6 heteroatoms. The molecule has 2 N–H and O–H groups in total. The van der Waals surface area contributed by atoms with E-state index < -0.39 is 0 Å². The molecule has 0 fully saturated rings. The van der Waals surface area contributed by atoms with E-state index in [0.717, 1.165) is 26.4 Å². The number of hydrogen-bond donors (Lipinski definition) is 2. The Morgan fingerprint density at radius 2 is 1.49 bits per heavy atom. The molecule has 1 aromatic heterocycles. The molecule has 5 nitrogen and oxygen atoms in total. The van der Waals surface area contributed by atoms with Crippen LogP contribution in [0.5, 0.6) is 0 Å². The van der Waals surface area contributed by atoms with Gasteiger partial charge in [0, 0.05) is 28.1 Å². The molecule has 1 heterocycles. The molecule has 5 rings (SSSR count). The van der Waals surface area contributed by atoms with E-state index >= 15 is 0 Å². The van der Waals surface area contributed by atoms with Crippen LogP contribution in [0.15, 0.2) is 91.0 Å². The molecule has 0 aliphatic carbocycles. The van der Waals surface area contributed by atoms with Crippen molar-refractivity contribution in [3.63, 3.8) is 0 Å². The molecule has 0 saturated heterocycles. The first-order chi connectivity index (χ1) is 17.0. The number of anilines is 2. The van der Waals surface area contributed by atoms with Crippen molar-refractivity contribution in [2.75, 3.05) is 10.6 Å². The smallest absolute Gasteiger partial charge is 0.255 e. The number of aromatic nitrogens is 1. The molecular formula is C29H23N3O2S. The predicted molar refractivity (Wildman–Crippen MR) is 143 cm³/mol. The molecule has 0 unspecified atom stereocenters. The number of carbonyl (C=O) groups excluding carboxylic acids is 2. The van der Waals surface area contributed by atoms with Gasteiger partial charge in [-0.25, -0.2) is 4.98 Å². The number of thiazole rings is 1. The lowest BCUT2D eigenvalue weighted by Crippen LogP contribution is -2.15. The van der Waals surface area contributed by atoms with Gasteiger partial charge in [-0.15, -0.1) is 11.3 Å². The lowest BCUT2D eigenvalue weighted by atomic mass is 10.1. The topological polar surface area (TPSA) is 71.1 Å². The summed E-state index contributed by atoms with van der Waals surface area (Å²) < 4.78 is 1.16. The van der Waals surface area contributed by atoms with Crippen molar-refractivity contribution in [1.82, 2.24) is 4.98 Å². The van der Waals surface area contributed by atoms with Crippen LogP contribution in [0.4, 0.5) is 11.4 Å². The minimum Gasteiger partial charge on any atom is -0.322 e. The van der Waals surface area contributed by atoms with E-state index in [1.807, 2.05) is 61.5 Å². The second kappa shape index (κ2) is 9.52. The highest BCUT2D eigenvalue weighted by molar-refractivity contribution is 7.21. The highest BCUT2D eigenvalue weighted by atomic mass is 32.1. The van der Waals surface area contributed by atoms with Crippen molar-refractivity contribution in [2.45, 2.75) is 13.8 Å². The lowest BCUT2D eigenvalue weighted by Gasteiger charge is -2.11. The molecular weight excluding hydrogens is 454 g/mol. The van der Waals surface area contributed by atoms with Gasteiger partial charge in [0.25, 0.3) is 11.8 Å². The molecule has 0 radical (unpaired) electrons. The van der Waals surface area contributed by atoms with Crippen LogP contribution in [0.1, 0.15) is 31.8 Å². The molecule has 0 atom stereocenters. The molecule has 0 aliphatic rings. The average molecular weight is 478 g/mol. The number of carbonyl (C=O) groups is 2. The molecule has 0 spiro atoms. The summed E-state index contributed by atoms with van der Waals surface area (Å²) in [7, 11) is 0. The third kappa shape index (κ3) is 4.98. The summed E-state index contributed by atoms with van der Waals surface area (Å²) in [5.74, 6) is -0.463. The second-order valence-electron chi connectivity index (χ2n) is 8.37. The summed E-state index contributed by atoms with van der Waals surface area (Å²) >= 11 is 1.65. The number of fused-ring (bicyclic) bond motifs is 1. The standard InChI is InChI=1S/C29H23N3O2S/c1-18-8-15-24-26(16-18)35-29(32-24)21-11-13-23(14-12-21)30-28(34)22-10-9-19(2)25(17-22)31-27(33)20-6-4-3-5-7-20/h3-17H,1-2H3,(H,30,34)(H,31,33). The van der Waals surface area contributed by atoms with Gasteiger partial charge in [-0.3, -0.25) is 9.59 Å². The third-order valence-electron chi connectivity index (χ3n) is 5.72. The molecule has 0 bridgehead atoms. The van der Waals surface area contributed by atoms with Crippen molar-refractivity contribution in [2.24, 2.45) is 0 Å². The van der Waals surface area contributed by atoms with E-state index in [2.05, 4.69) is 29.7 Å². The van der Waals surface area contributed by atoms with Gasteiger partial charge in [-0.1, -0.05) is 30.3 Å². The van der Waals surface area contributed by atoms with Crippen LogP contribution in [-0.4, -0.2) is 16.8 Å². The zero-order valence-electron chi connectivity index (χ0n) is 19.3. The lowest BCUT2D eigenvalue weighted by molar-refractivity contribution is 0.101. The van der Waals surface area contributed by atoms with Crippen LogP contribution in [0, 0.1) is 13.8 Å². The second-order valence-corrected chi connectivity index (χ2v) is 9.40. The number of nitrogens with one attached hydrogen (secondary N) is 2. The molecule has 172 valence electrons. The Morgan fingerprint density at radius 1 is 0.743 bits per heavy atom. The maximum absolute atomic E-state index is 12.9. The number of rotatable bonds is 5. The Morgan fingerprint density at radius 3 is 2.26 bits per heavy atom. The summed E-state index contributed by atoms with van der Waals surface area (Å²) in [6, 6.07) is 28.2. The number of benzene rings is 4. The summed E-state index contributed by atoms with van der Waals surface area (Å²) in [6.07, 6.45) is 0. The quantitative estimate of drug-likeness (QED) is 0.284. The normalized spacial score (nSPS) is 10.8. The number of aryl methyl sites for hydroxylation is 2. The largest absolute Gasteiger partial charge is 0.322 e. The Balaban J connectivity index is 1.30. The summed E-state index contributed by atoms with van der Waals surface area (Å²) in [4.78, 5) is 30.2. The van der Waals surface area contributed by atoms with Gasteiger partial charge in [0.15, 0.2) is 0 Å². The number of amides is 2. The monoisotopic (exact) mass is 477 g/mol. The van der Waals surface area contributed by atoms with Crippen LogP contribution in [0.3, 0.4) is 0 Å². The molecule has 0 saturated carbocycles. The third-order valence-corrected chi connectivity index (χ3v) is 6.78. The number of hydrogen-bond acceptors (Lipinski definition) is 4. The summed E-state index contributed by atoms with van der Waals surface area (Å²) in [5, 5.41) is 6.78. The van der Waals surface area contributed by atoms with Crippen LogP contribution in [0.2, 0.25) is 0 Å². The molecule has 5 aromatic rings. The van der Waals surface area contributed by atoms with Gasteiger partial charge in [-0.05, 0) is 85.6 Å². The Labute approximate surface area is 207 Å². The van der Waals surface area contributed by atoms with Crippen molar-refractivity contribution in [3.8, 4) is 10.6 Å². The van der Waals surface area contributed by atoms with E-state index in [0.29, 0.717) is 22.5 Å². The zero-order chi connectivity index (χ0) is 24.4. The van der Waals surface area contributed by atoms with E-state index in [-0.39, 0.29) is 11.8 Å². The molecule has 2 amide bonds. The van der Waals surface area contributed by atoms with Crippen molar-refractivity contribution < 1.29 is 9.59 Å². The summed E-state index contributed by atoms with van der Waals surface area (Å²) in [6.45, 7) is 3.97. The van der Waals surface area contributed by atoms with E-state index in [1.165, 1.54) is 5.56 Å². The van der Waals surface area contributed by atoms with Gasteiger partial charge in [0.2, 0.25) is 0 Å². The van der Waals surface area contributed by atoms with Gasteiger partial charge in [0.1, 0.15) is 5.01 Å². The Hall–Kier alpha value is -4.29. The van der Waals surface area contributed by atoms with E-state index in [1.54, 1.807) is 35.6 Å². The van der Waals surface area contributed by atoms with Gasteiger partial charge >= 0.3 is 0 Å². The zero-order valence-corrected chi connectivity index (χ0v) is 20.1. The fourth-order valence-electron chi connectivity index (χ4n) is 3.74. The number of nitrogens with zero attached hydrogens (tertiary/aromatic N) is 1.